The first-order valence-electron chi connectivity index (χ1n) is 9.57. The van der Waals surface area contributed by atoms with Crippen molar-refractivity contribution in [2.75, 3.05) is 49.2 Å². The maximum absolute atomic E-state index is 12.4. The van der Waals surface area contributed by atoms with Crippen LogP contribution < -0.4 is 30.3 Å². The van der Waals surface area contributed by atoms with E-state index in [1.807, 2.05) is 44.1 Å². The molecule has 0 radical (unpaired) electrons. The SMILES string of the molecule is COc1cc(NC(=O)Nc2ccc(Nc3nc(C)cc(N(C)C)n3)cc2)cc(OC)c1. The monoisotopic (exact) mass is 422 g/mol. The van der Waals surface area contributed by atoms with Gasteiger partial charge in [0.15, 0.2) is 0 Å². The molecular weight excluding hydrogens is 396 g/mol. The highest BCUT2D eigenvalue weighted by Crippen LogP contribution is 2.26. The van der Waals surface area contributed by atoms with Crippen molar-refractivity contribution in [1.82, 2.24) is 9.97 Å². The molecule has 31 heavy (non-hydrogen) atoms. The van der Waals surface area contributed by atoms with Crippen LogP contribution in [0.25, 0.3) is 0 Å². The smallest absolute Gasteiger partial charge is 0.323 e. The number of nitrogens with one attached hydrogen (secondary N) is 3. The molecular formula is C22H26N6O3. The molecule has 1 heterocycles. The summed E-state index contributed by atoms with van der Waals surface area (Å²) in [6.07, 6.45) is 0. The third-order valence-electron chi connectivity index (χ3n) is 4.31. The summed E-state index contributed by atoms with van der Waals surface area (Å²) in [5, 5.41) is 8.74. The first-order chi connectivity index (χ1) is 14.9. The van der Waals surface area contributed by atoms with E-state index in [-0.39, 0.29) is 6.03 Å². The number of hydrogen-bond acceptors (Lipinski definition) is 7. The van der Waals surface area contributed by atoms with Crippen LogP contribution >= 0.6 is 0 Å². The van der Waals surface area contributed by atoms with Crippen LogP contribution in [0.5, 0.6) is 11.5 Å². The molecule has 2 aromatic carbocycles. The molecule has 162 valence electrons. The highest BCUT2D eigenvalue weighted by atomic mass is 16.5. The predicted molar refractivity (Wildman–Crippen MR) is 123 cm³/mol. The number of aryl methyl sites for hydroxylation is 1. The van der Waals surface area contributed by atoms with Gasteiger partial charge in [0.1, 0.15) is 17.3 Å². The lowest BCUT2D eigenvalue weighted by Crippen LogP contribution is -2.19. The molecule has 2 amide bonds. The van der Waals surface area contributed by atoms with E-state index in [0.29, 0.717) is 28.8 Å². The van der Waals surface area contributed by atoms with Crippen LogP contribution in [-0.4, -0.2) is 44.3 Å². The summed E-state index contributed by atoms with van der Waals surface area (Å²) in [5.74, 6) is 2.50. The average Bonchev–Trinajstić information content (AvgIpc) is 2.74. The van der Waals surface area contributed by atoms with E-state index in [2.05, 4.69) is 25.9 Å². The van der Waals surface area contributed by atoms with Gasteiger partial charge < -0.3 is 30.3 Å². The Kier molecular flexibility index (Phi) is 6.76. The fraction of sp³-hybridized carbons (Fsp3) is 0.227. The van der Waals surface area contributed by atoms with E-state index in [9.17, 15) is 4.79 Å². The van der Waals surface area contributed by atoms with Gasteiger partial charge in [-0.2, -0.15) is 4.98 Å². The molecule has 0 unspecified atom stereocenters. The molecule has 3 N–H and O–H groups in total. The summed E-state index contributed by atoms with van der Waals surface area (Å²) >= 11 is 0. The number of anilines is 5. The summed E-state index contributed by atoms with van der Waals surface area (Å²) < 4.78 is 10.4. The van der Waals surface area contributed by atoms with E-state index >= 15 is 0 Å². The highest BCUT2D eigenvalue weighted by molar-refractivity contribution is 6.00. The largest absolute Gasteiger partial charge is 0.497 e. The molecule has 3 aromatic rings. The summed E-state index contributed by atoms with van der Waals surface area (Å²) in [5.41, 5.74) is 2.86. The third kappa shape index (κ3) is 5.99. The van der Waals surface area contributed by atoms with Crippen LogP contribution in [0.15, 0.2) is 48.5 Å². The molecule has 9 nitrogen and oxygen atoms in total. The van der Waals surface area contributed by atoms with Gasteiger partial charge in [-0.05, 0) is 31.2 Å². The first kappa shape index (κ1) is 21.7. The Morgan fingerprint density at radius 1 is 0.839 bits per heavy atom. The number of benzene rings is 2. The van der Waals surface area contributed by atoms with E-state index < -0.39 is 0 Å². The van der Waals surface area contributed by atoms with Crippen LogP contribution in [0.1, 0.15) is 5.69 Å². The number of ether oxygens (including phenoxy) is 2. The Balaban J connectivity index is 1.64. The van der Waals surface area contributed by atoms with E-state index in [0.717, 1.165) is 17.2 Å². The Morgan fingerprint density at radius 3 is 2.00 bits per heavy atom. The van der Waals surface area contributed by atoms with E-state index in [1.165, 1.54) is 0 Å². The van der Waals surface area contributed by atoms with Gasteiger partial charge in [-0.1, -0.05) is 0 Å². The van der Waals surface area contributed by atoms with Gasteiger partial charge in [-0.15, -0.1) is 0 Å². The second-order valence-corrected chi connectivity index (χ2v) is 6.97. The Morgan fingerprint density at radius 2 is 1.42 bits per heavy atom. The van der Waals surface area contributed by atoms with Crippen LogP contribution in [-0.2, 0) is 0 Å². The van der Waals surface area contributed by atoms with Crippen molar-refractivity contribution in [3.05, 3.63) is 54.2 Å². The van der Waals surface area contributed by atoms with Gasteiger partial charge in [0.25, 0.3) is 0 Å². The number of nitrogens with zero attached hydrogens (tertiary/aromatic N) is 3. The second-order valence-electron chi connectivity index (χ2n) is 6.97. The van der Waals surface area contributed by atoms with E-state index in [1.54, 1.807) is 44.6 Å². The minimum absolute atomic E-state index is 0.381. The number of urea groups is 1. The standard InChI is InChI=1S/C22H26N6O3/c1-14-10-20(28(2)3)27-21(23-14)24-15-6-8-16(9-7-15)25-22(29)26-17-11-18(30-4)13-19(12-17)31-5/h6-13H,1-5H3,(H,23,24,27)(H2,25,26,29). The van der Waals surface area contributed by atoms with Crippen LogP contribution in [0.3, 0.4) is 0 Å². The van der Waals surface area contributed by atoms with Gasteiger partial charge in [0.2, 0.25) is 5.95 Å². The third-order valence-corrected chi connectivity index (χ3v) is 4.31. The lowest BCUT2D eigenvalue weighted by atomic mass is 10.2. The molecule has 9 heteroatoms. The quantitative estimate of drug-likeness (QED) is 0.523. The normalized spacial score (nSPS) is 10.2. The molecule has 0 aliphatic carbocycles. The lowest BCUT2D eigenvalue weighted by molar-refractivity contribution is 0.262. The van der Waals surface area contributed by atoms with Gasteiger partial charge in [-0.25, -0.2) is 9.78 Å². The molecule has 0 bridgehead atoms. The Bertz CT molecular complexity index is 1030. The number of carbonyl (C=O) groups is 1. The number of aromatic nitrogens is 2. The van der Waals surface area contributed by atoms with Crippen LogP contribution in [0.2, 0.25) is 0 Å². The van der Waals surface area contributed by atoms with Crippen molar-refractivity contribution in [3.8, 4) is 11.5 Å². The number of carbonyl (C=O) groups excluding carboxylic acids is 1. The summed E-state index contributed by atoms with van der Waals surface area (Å²) in [6, 6.07) is 13.9. The average molecular weight is 422 g/mol. The molecule has 1 aromatic heterocycles. The summed E-state index contributed by atoms with van der Waals surface area (Å²) in [4.78, 5) is 23.2. The van der Waals surface area contributed by atoms with Crippen molar-refractivity contribution < 1.29 is 14.3 Å². The zero-order valence-electron chi connectivity index (χ0n) is 18.2. The summed E-state index contributed by atoms with van der Waals surface area (Å²) in [6.45, 7) is 1.92. The molecule has 0 spiro atoms. The van der Waals surface area contributed by atoms with Crippen LogP contribution in [0, 0.1) is 6.92 Å². The molecule has 0 saturated carbocycles. The first-order valence-corrected chi connectivity index (χ1v) is 9.57. The highest BCUT2D eigenvalue weighted by Gasteiger charge is 2.08. The molecule has 0 fully saturated rings. The topological polar surface area (TPSA) is 101 Å². The summed E-state index contributed by atoms with van der Waals surface area (Å²) in [7, 11) is 6.96. The van der Waals surface area contributed by atoms with Gasteiger partial charge in [0.05, 0.1) is 14.2 Å². The van der Waals surface area contributed by atoms with E-state index in [4.69, 9.17) is 9.47 Å². The maximum atomic E-state index is 12.4. The molecule has 0 aliphatic rings. The van der Waals surface area contributed by atoms with Gasteiger partial charge >= 0.3 is 6.03 Å². The zero-order valence-corrected chi connectivity index (χ0v) is 18.2. The second kappa shape index (κ2) is 9.66. The van der Waals surface area contributed by atoms with Crippen molar-refractivity contribution >= 4 is 34.9 Å². The minimum atomic E-state index is -0.381. The minimum Gasteiger partial charge on any atom is -0.497 e. The van der Waals surface area contributed by atoms with Crippen molar-refractivity contribution in [2.45, 2.75) is 6.92 Å². The fourth-order valence-corrected chi connectivity index (χ4v) is 2.78. The molecule has 0 atom stereocenters. The molecule has 0 saturated heterocycles. The fourth-order valence-electron chi connectivity index (χ4n) is 2.78. The predicted octanol–water partition coefficient (Wildman–Crippen LogP) is 4.26. The molecule has 0 aliphatic heterocycles. The maximum Gasteiger partial charge on any atom is 0.323 e. The lowest BCUT2D eigenvalue weighted by Gasteiger charge is -2.14. The Hall–Kier alpha value is -4.01. The van der Waals surface area contributed by atoms with Gasteiger partial charge in [0, 0.05) is 61.1 Å². The zero-order chi connectivity index (χ0) is 22.4. The van der Waals surface area contributed by atoms with Crippen molar-refractivity contribution in [3.63, 3.8) is 0 Å². The number of amides is 2. The van der Waals surface area contributed by atoms with Gasteiger partial charge in [-0.3, -0.25) is 0 Å². The number of rotatable bonds is 7. The van der Waals surface area contributed by atoms with Crippen molar-refractivity contribution in [2.24, 2.45) is 0 Å². The number of hydrogen-bond donors (Lipinski definition) is 3. The molecule has 3 rings (SSSR count). The van der Waals surface area contributed by atoms with Crippen molar-refractivity contribution in [1.29, 1.82) is 0 Å². The van der Waals surface area contributed by atoms with Crippen LogP contribution in [0.4, 0.5) is 33.6 Å². The Labute approximate surface area is 181 Å². The number of methoxy groups -OCH3 is 2.